The monoisotopic (exact) mass is 293 g/mol. The number of aliphatic hydroxyl groups excluding tert-OH is 1. The Morgan fingerprint density at radius 2 is 2.10 bits per heavy atom. The summed E-state index contributed by atoms with van der Waals surface area (Å²) < 4.78 is 0. The van der Waals surface area contributed by atoms with Crippen LogP contribution in [0.1, 0.15) is 56.3 Å². The Morgan fingerprint density at radius 3 is 2.75 bits per heavy atom. The van der Waals surface area contributed by atoms with Crippen molar-refractivity contribution in [2.24, 2.45) is 22.2 Å². The van der Waals surface area contributed by atoms with Crippen LogP contribution in [0.25, 0.3) is 0 Å². The van der Waals surface area contributed by atoms with E-state index in [0.29, 0.717) is 17.2 Å². The molecule has 3 N–H and O–H groups in total. The van der Waals surface area contributed by atoms with E-state index >= 15 is 0 Å². The van der Waals surface area contributed by atoms with E-state index in [9.17, 15) is 5.11 Å². The Morgan fingerprint density at radius 1 is 1.40 bits per heavy atom. The first kappa shape index (κ1) is 14.0. The van der Waals surface area contributed by atoms with Crippen molar-refractivity contribution in [2.75, 3.05) is 0 Å². The molecule has 20 heavy (non-hydrogen) atoms. The van der Waals surface area contributed by atoms with Crippen LogP contribution in [0.15, 0.2) is 4.99 Å². The number of thiophene rings is 1. The number of hydrogen-bond donors (Lipinski definition) is 2. The lowest BCUT2D eigenvalue weighted by Gasteiger charge is -2.34. The highest BCUT2D eigenvalue weighted by Crippen LogP contribution is 2.48. The molecule has 110 valence electrons. The minimum Gasteiger partial charge on any atom is -0.368 e. The molecule has 2 aliphatic rings. The molecular formula is C15H23N3OS. The molecule has 0 spiro atoms. The van der Waals surface area contributed by atoms with Crippen molar-refractivity contribution >= 4 is 22.2 Å². The molecule has 1 aliphatic carbocycles. The van der Waals surface area contributed by atoms with E-state index in [4.69, 9.17) is 5.84 Å². The largest absolute Gasteiger partial charge is 0.368 e. The SMILES string of the molecule is CC1=Nc2sc3c(c2C(O)N1N)CCC(C(C)(C)C)C3. The van der Waals surface area contributed by atoms with Gasteiger partial charge in [0.2, 0.25) is 0 Å². The van der Waals surface area contributed by atoms with Gasteiger partial charge in [-0.15, -0.1) is 11.3 Å². The number of nitrogens with zero attached hydrogens (tertiary/aromatic N) is 2. The van der Waals surface area contributed by atoms with E-state index in [2.05, 4.69) is 25.8 Å². The molecule has 0 aromatic carbocycles. The number of fused-ring (bicyclic) bond motifs is 3. The minimum absolute atomic E-state index is 0.333. The topological polar surface area (TPSA) is 61.9 Å². The molecule has 0 radical (unpaired) electrons. The van der Waals surface area contributed by atoms with Gasteiger partial charge in [0.05, 0.1) is 0 Å². The molecule has 0 amide bonds. The maximum Gasteiger partial charge on any atom is 0.171 e. The van der Waals surface area contributed by atoms with Gasteiger partial charge in [0.1, 0.15) is 10.8 Å². The van der Waals surface area contributed by atoms with Crippen molar-refractivity contribution in [1.29, 1.82) is 0 Å². The quantitative estimate of drug-likeness (QED) is 0.722. The average molecular weight is 293 g/mol. The lowest BCUT2D eigenvalue weighted by molar-refractivity contribution is 0.0492. The Balaban J connectivity index is 2.01. The second-order valence-corrected chi connectivity index (χ2v) is 8.05. The molecular weight excluding hydrogens is 270 g/mol. The molecule has 0 saturated carbocycles. The van der Waals surface area contributed by atoms with Crippen molar-refractivity contribution in [3.8, 4) is 0 Å². The van der Waals surface area contributed by atoms with Crippen LogP contribution in [0.5, 0.6) is 0 Å². The molecule has 1 aliphatic heterocycles. The number of amidine groups is 1. The van der Waals surface area contributed by atoms with Gasteiger partial charge >= 0.3 is 0 Å². The van der Waals surface area contributed by atoms with Crippen LogP contribution in [0, 0.1) is 11.3 Å². The molecule has 5 heteroatoms. The predicted molar refractivity (Wildman–Crippen MR) is 83.0 cm³/mol. The summed E-state index contributed by atoms with van der Waals surface area (Å²) in [5.74, 6) is 7.26. The zero-order chi connectivity index (χ0) is 14.7. The summed E-state index contributed by atoms with van der Waals surface area (Å²) in [6.45, 7) is 8.78. The van der Waals surface area contributed by atoms with Gasteiger partial charge in [0.25, 0.3) is 0 Å². The van der Waals surface area contributed by atoms with E-state index in [0.717, 1.165) is 23.4 Å². The molecule has 4 nitrogen and oxygen atoms in total. The molecule has 1 aromatic heterocycles. The Bertz CT molecular complexity index is 570. The van der Waals surface area contributed by atoms with Gasteiger partial charge in [-0.05, 0) is 43.1 Å². The van der Waals surface area contributed by atoms with Crippen LogP contribution in [-0.2, 0) is 12.8 Å². The number of aliphatic hydroxyl groups is 1. The van der Waals surface area contributed by atoms with Crippen molar-refractivity contribution in [3.05, 3.63) is 16.0 Å². The van der Waals surface area contributed by atoms with E-state index < -0.39 is 6.23 Å². The summed E-state index contributed by atoms with van der Waals surface area (Å²) in [6.07, 6.45) is 2.57. The molecule has 0 bridgehead atoms. The van der Waals surface area contributed by atoms with Gasteiger partial charge in [-0.25, -0.2) is 10.8 Å². The average Bonchev–Trinajstić information content (AvgIpc) is 2.71. The van der Waals surface area contributed by atoms with E-state index in [1.165, 1.54) is 21.9 Å². The van der Waals surface area contributed by atoms with Gasteiger partial charge in [-0.2, -0.15) is 0 Å². The first-order valence-corrected chi connectivity index (χ1v) is 8.02. The van der Waals surface area contributed by atoms with Crippen molar-refractivity contribution in [2.45, 2.75) is 53.2 Å². The number of nitrogens with two attached hydrogens (primary N) is 1. The van der Waals surface area contributed by atoms with Gasteiger partial charge in [-0.1, -0.05) is 20.8 Å². The molecule has 3 rings (SSSR count). The van der Waals surface area contributed by atoms with E-state index in [-0.39, 0.29) is 0 Å². The summed E-state index contributed by atoms with van der Waals surface area (Å²) in [5, 5.41) is 12.7. The molecule has 2 unspecified atom stereocenters. The highest BCUT2D eigenvalue weighted by atomic mass is 32.1. The zero-order valence-electron chi connectivity index (χ0n) is 12.6. The summed E-state index contributed by atoms with van der Waals surface area (Å²) in [4.78, 5) is 5.94. The highest BCUT2D eigenvalue weighted by molar-refractivity contribution is 7.16. The second kappa shape index (κ2) is 4.55. The molecule has 2 heterocycles. The number of hydrogen-bond acceptors (Lipinski definition) is 5. The van der Waals surface area contributed by atoms with Crippen LogP contribution in [-0.4, -0.2) is 16.0 Å². The van der Waals surface area contributed by atoms with Gasteiger partial charge < -0.3 is 5.11 Å². The molecule has 0 saturated heterocycles. The number of aliphatic imine (C=N–C) groups is 1. The van der Waals surface area contributed by atoms with Crippen molar-refractivity contribution < 1.29 is 5.11 Å². The predicted octanol–water partition coefficient (Wildman–Crippen LogP) is 3.13. The van der Waals surface area contributed by atoms with Crippen LogP contribution >= 0.6 is 11.3 Å². The molecule has 0 fully saturated rings. The Kier molecular flexibility index (Phi) is 3.19. The lowest BCUT2D eigenvalue weighted by atomic mass is 9.72. The zero-order valence-corrected chi connectivity index (χ0v) is 13.4. The lowest BCUT2D eigenvalue weighted by Crippen LogP contribution is -2.41. The van der Waals surface area contributed by atoms with E-state index in [1.54, 1.807) is 11.3 Å². The number of rotatable bonds is 0. The third-order valence-corrected chi connectivity index (χ3v) is 5.83. The standard InChI is InChI=1S/C15H23N3OS/c1-8-17-13-12(14(19)18(8)16)10-6-5-9(15(2,3)4)7-11(10)20-13/h9,14,19H,5-7,16H2,1-4H3. The van der Waals surface area contributed by atoms with Crippen LogP contribution in [0.3, 0.4) is 0 Å². The van der Waals surface area contributed by atoms with Crippen molar-refractivity contribution in [1.82, 2.24) is 5.01 Å². The highest BCUT2D eigenvalue weighted by Gasteiger charge is 2.36. The first-order valence-electron chi connectivity index (χ1n) is 7.20. The third-order valence-electron chi connectivity index (χ3n) is 4.67. The summed E-state index contributed by atoms with van der Waals surface area (Å²) >= 11 is 1.74. The fourth-order valence-corrected chi connectivity index (χ4v) is 4.57. The van der Waals surface area contributed by atoms with E-state index in [1.807, 2.05) is 6.92 Å². The normalized spacial score (nSPS) is 26.1. The smallest absolute Gasteiger partial charge is 0.171 e. The summed E-state index contributed by atoms with van der Waals surface area (Å²) in [7, 11) is 0. The maximum absolute atomic E-state index is 10.4. The fourth-order valence-electron chi connectivity index (χ4n) is 3.21. The Labute approximate surface area is 124 Å². The maximum atomic E-state index is 10.4. The Hall–Kier alpha value is -0.910. The third kappa shape index (κ3) is 2.08. The molecule has 1 aromatic rings. The van der Waals surface area contributed by atoms with Gasteiger partial charge in [0, 0.05) is 10.4 Å². The van der Waals surface area contributed by atoms with Crippen LogP contribution < -0.4 is 5.84 Å². The summed E-state index contributed by atoms with van der Waals surface area (Å²) in [6, 6.07) is 0. The first-order chi connectivity index (χ1) is 9.29. The molecule has 2 atom stereocenters. The van der Waals surface area contributed by atoms with Gasteiger partial charge in [0.15, 0.2) is 6.23 Å². The summed E-state index contributed by atoms with van der Waals surface area (Å²) in [5.41, 5.74) is 2.58. The van der Waals surface area contributed by atoms with Crippen LogP contribution in [0.4, 0.5) is 5.00 Å². The number of hydrazine groups is 1. The van der Waals surface area contributed by atoms with Crippen molar-refractivity contribution in [3.63, 3.8) is 0 Å². The van der Waals surface area contributed by atoms with Gasteiger partial charge in [-0.3, -0.25) is 5.01 Å². The van der Waals surface area contributed by atoms with Crippen LogP contribution in [0.2, 0.25) is 0 Å². The minimum atomic E-state index is -0.742. The second-order valence-electron chi connectivity index (χ2n) is 6.97. The fraction of sp³-hybridized carbons (Fsp3) is 0.667.